The summed E-state index contributed by atoms with van der Waals surface area (Å²) in [5, 5.41) is 0. The molecule has 0 radical (unpaired) electrons. The Morgan fingerprint density at radius 3 is 2.76 bits per heavy atom. The number of ether oxygens (including phenoxy) is 1. The number of benzene rings is 2. The molecule has 0 saturated heterocycles. The SMILES string of the molecule is COc1ccc2c(c1)nc(CCl)n2-c1ccc(F)cc1I. The van der Waals surface area contributed by atoms with Crippen molar-refractivity contribution in [2.24, 2.45) is 0 Å². The zero-order valence-corrected chi connectivity index (χ0v) is 14.0. The van der Waals surface area contributed by atoms with Crippen LogP contribution in [-0.4, -0.2) is 16.7 Å². The van der Waals surface area contributed by atoms with Gasteiger partial charge in [-0.3, -0.25) is 4.57 Å². The minimum Gasteiger partial charge on any atom is -0.497 e. The second-order valence-electron chi connectivity index (χ2n) is 4.45. The molecule has 6 heteroatoms. The van der Waals surface area contributed by atoms with Crippen LogP contribution in [0.1, 0.15) is 5.82 Å². The number of hydrogen-bond acceptors (Lipinski definition) is 2. The van der Waals surface area contributed by atoms with Crippen molar-refractivity contribution in [2.75, 3.05) is 7.11 Å². The van der Waals surface area contributed by atoms with E-state index in [1.165, 1.54) is 12.1 Å². The lowest BCUT2D eigenvalue weighted by Crippen LogP contribution is -2.02. The van der Waals surface area contributed by atoms with Crippen molar-refractivity contribution < 1.29 is 9.13 Å². The Morgan fingerprint density at radius 1 is 1.29 bits per heavy atom. The number of fused-ring (bicyclic) bond motifs is 1. The molecule has 21 heavy (non-hydrogen) atoms. The van der Waals surface area contributed by atoms with Crippen LogP contribution in [0.15, 0.2) is 36.4 Å². The van der Waals surface area contributed by atoms with Gasteiger partial charge in [-0.05, 0) is 52.9 Å². The maximum absolute atomic E-state index is 13.3. The highest BCUT2D eigenvalue weighted by molar-refractivity contribution is 14.1. The maximum atomic E-state index is 13.3. The standard InChI is InChI=1S/C15H11ClFIN2O/c1-21-10-3-5-14-12(7-10)19-15(8-16)20(14)13-4-2-9(17)6-11(13)18/h2-7H,8H2,1H3. The van der Waals surface area contributed by atoms with Crippen LogP contribution >= 0.6 is 34.2 Å². The van der Waals surface area contributed by atoms with E-state index >= 15 is 0 Å². The predicted molar refractivity (Wildman–Crippen MR) is 89.9 cm³/mol. The number of aromatic nitrogens is 2. The molecule has 0 fully saturated rings. The molecule has 0 amide bonds. The molecule has 3 rings (SSSR count). The fraction of sp³-hybridized carbons (Fsp3) is 0.133. The van der Waals surface area contributed by atoms with Crippen LogP contribution in [-0.2, 0) is 5.88 Å². The molecule has 0 spiro atoms. The lowest BCUT2D eigenvalue weighted by atomic mass is 10.2. The summed E-state index contributed by atoms with van der Waals surface area (Å²) < 4.78 is 21.3. The first-order valence-electron chi connectivity index (χ1n) is 6.21. The van der Waals surface area contributed by atoms with Gasteiger partial charge in [-0.1, -0.05) is 0 Å². The molecular formula is C15H11ClFIN2O. The third-order valence-electron chi connectivity index (χ3n) is 3.20. The largest absolute Gasteiger partial charge is 0.497 e. The van der Waals surface area contributed by atoms with Gasteiger partial charge in [0.2, 0.25) is 0 Å². The Labute approximate surface area is 139 Å². The second-order valence-corrected chi connectivity index (χ2v) is 5.88. The quantitative estimate of drug-likeness (QED) is 0.464. The highest BCUT2D eigenvalue weighted by Gasteiger charge is 2.14. The van der Waals surface area contributed by atoms with Crippen LogP contribution in [0.25, 0.3) is 16.7 Å². The number of nitrogens with zero attached hydrogens (tertiary/aromatic N) is 2. The molecular weight excluding hydrogens is 406 g/mol. The van der Waals surface area contributed by atoms with E-state index in [9.17, 15) is 4.39 Å². The van der Waals surface area contributed by atoms with Crippen molar-refractivity contribution in [1.29, 1.82) is 0 Å². The van der Waals surface area contributed by atoms with Gasteiger partial charge < -0.3 is 4.74 Å². The Morgan fingerprint density at radius 2 is 2.10 bits per heavy atom. The van der Waals surface area contributed by atoms with E-state index in [0.717, 1.165) is 26.0 Å². The van der Waals surface area contributed by atoms with Crippen LogP contribution in [0, 0.1) is 9.39 Å². The van der Waals surface area contributed by atoms with Gasteiger partial charge in [0.15, 0.2) is 0 Å². The highest BCUT2D eigenvalue weighted by atomic mass is 127. The van der Waals surface area contributed by atoms with E-state index in [4.69, 9.17) is 16.3 Å². The van der Waals surface area contributed by atoms with Crippen LogP contribution in [0.2, 0.25) is 0 Å². The van der Waals surface area contributed by atoms with E-state index in [1.807, 2.05) is 22.8 Å². The van der Waals surface area contributed by atoms with Crippen LogP contribution in [0.4, 0.5) is 4.39 Å². The summed E-state index contributed by atoms with van der Waals surface area (Å²) in [5.74, 6) is 1.46. The van der Waals surface area contributed by atoms with Crippen molar-refractivity contribution in [3.8, 4) is 11.4 Å². The molecule has 0 atom stereocenters. The van der Waals surface area contributed by atoms with Gasteiger partial charge in [-0.25, -0.2) is 9.37 Å². The minimum absolute atomic E-state index is 0.262. The number of halogens is 3. The molecule has 3 aromatic rings. The van der Waals surface area contributed by atoms with Gasteiger partial charge in [-0.15, -0.1) is 11.6 Å². The van der Waals surface area contributed by atoms with Gasteiger partial charge in [0.1, 0.15) is 17.4 Å². The number of rotatable bonds is 3. The lowest BCUT2D eigenvalue weighted by molar-refractivity contribution is 0.415. The molecule has 0 unspecified atom stereocenters. The van der Waals surface area contributed by atoms with Gasteiger partial charge in [-0.2, -0.15) is 0 Å². The van der Waals surface area contributed by atoms with Crippen LogP contribution in [0.5, 0.6) is 5.75 Å². The molecule has 3 nitrogen and oxygen atoms in total. The molecule has 1 aromatic heterocycles. The van der Waals surface area contributed by atoms with E-state index in [-0.39, 0.29) is 11.7 Å². The number of hydrogen-bond donors (Lipinski definition) is 0. The highest BCUT2D eigenvalue weighted by Crippen LogP contribution is 2.28. The van der Waals surface area contributed by atoms with Crippen molar-refractivity contribution in [2.45, 2.75) is 5.88 Å². The number of alkyl halides is 1. The van der Waals surface area contributed by atoms with Gasteiger partial charge in [0.05, 0.1) is 29.7 Å². The maximum Gasteiger partial charge on any atom is 0.129 e. The van der Waals surface area contributed by atoms with E-state index in [1.54, 1.807) is 13.2 Å². The van der Waals surface area contributed by atoms with E-state index in [0.29, 0.717) is 5.82 Å². The minimum atomic E-state index is -0.262. The Balaban J connectivity index is 2.29. The third-order valence-corrected chi connectivity index (χ3v) is 4.30. The summed E-state index contributed by atoms with van der Waals surface area (Å²) >= 11 is 8.13. The second kappa shape index (κ2) is 5.81. The molecule has 1 heterocycles. The molecule has 2 aromatic carbocycles. The monoisotopic (exact) mass is 416 g/mol. The van der Waals surface area contributed by atoms with Gasteiger partial charge >= 0.3 is 0 Å². The Kier molecular flexibility index (Phi) is 4.03. The molecule has 0 aliphatic rings. The first kappa shape index (κ1) is 14.6. The molecule has 0 bridgehead atoms. The van der Waals surface area contributed by atoms with Crippen LogP contribution in [0.3, 0.4) is 0 Å². The van der Waals surface area contributed by atoms with Crippen molar-refractivity contribution in [3.05, 3.63) is 51.6 Å². The topological polar surface area (TPSA) is 27.1 Å². The molecule has 0 aliphatic carbocycles. The first-order chi connectivity index (χ1) is 10.1. The van der Waals surface area contributed by atoms with Crippen molar-refractivity contribution in [3.63, 3.8) is 0 Å². The normalized spacial score (nSPS) is 11.0. The average molecular weight is 417 g/mol. The van der Waals surface area contributed by atoms with Gasteiger partial charge in [0.25, 0.3) is 0 Å². The fourth-order valence-electron chi connectivity index (χ4n) is 2.26. The summed E-state index contributed by atoms with van der Waals surface area (Å²) in [7, 11) is 1.61. The summed E-state index contributed by atoms with van der Waals surface area (Å²) in [5.41, 5.74) is 2.57. The van der Waals surface area contributed by atoms with E-state index in [2.05, 4.69) is 27.6 Å². The smallest absolute Gasteiger partial charge is 0.129 e. The summed E-state index contributed by atoms with van der Waals surface area (Å²) in [4.78, 5) is 4.53. The van der Waals surface area contributed by atoms with Crippen molar-refractivity contribution in [1.82, 2.24) is 9.55 Å². The first-order valence-corrected chi connectivity index (χ1v) is 7.82. The molecule has 0 aliphatic heterocycles. The summed E-state index contributed by atoms with van der Waals surface area (Å²) in [6.45, 7) is 0. The van der Waals surface area contributed by atoms with Crippen LogP contribution < -0.4 is 4.74 Å². The summed E-state index contributed by atoms with van der Waals surface area (Å²) in [6.07, 6.45) is 0. The zero-order chi connectivity index (χ0) is 15.0. The average Bonchev–Trinajstić information content (AvgIpc) is 2.84. The third kappa shape index (κ3) is 2.60. The number of imidazole rings is 1. The fourth-order valence-corrected chi connectivity index (χ4v) is 3.16. The molecule has 0 N–H and O–H groups in total. The molecule has 0 saturated carbocycles. The van der Waals surface area contributed by atoms with Gasteiger partial charge in [0, 0.05) is 9.64 Å². The zero-order valence-electron chi connectivity index (χ0n) is 11.1. The van der Waals surface area contributed by atoms with E-state index < -0.39 is 0 Å². The summed E-state index contributed by atoms with van der Waals surface area (Å²) in [6, 6.07) is 10.3. The Bertz CT molecular complexity index is 819. The lowest BCUT2D eigenvalue weighted by Gasteiger charge is -2.10. The number of methoxy groups -OCH3 is 1. The Hall–Kier alpha value is -1.34. The van der Waals surface area contributed by atoms with Crippen molar-refractivity contribution >= 4 is 45.2 Å². The predicted octanol–water partition coefficient (Wildman–Crippen LogP) is 4.52. The molecule has 108 valence electrons.